The maximum absolute atomic E-state index is 12.4. The van der Waals surface area contributed by atoms with Crippen LogP contribution in [0.4, 0.5) is 0 Å². The fraction of sp³-hybridized carbons (Fsp3) is 0.538. The zero-order chi connectivity index (χ0) is 12.1. The molecule has 92 valence electrons. The standard InChI is InChI=1S/C13H18N2OS/c1-17-12-11(7-6-8-14-12)13(16)15-9-4-2-3-5-10-15/h6-8H,2-5,9-10H2,1H3. The van der Waals surface area contributed by atoms with Gasteiger partial charge in [0.2, 0.25) is 0 Å². The van der Waals surface area contributed by atoms with Crippen LogP contribution in [0.3, 0.4) is 0 Å². The van der Waals surface area contributed by atoms with Crippen LogP contribution in [0, 0.1) is 0 Å². The molecule has 0 saturated carbocycles. The van der Waals surface area contributed by atoms with Gasteiger partial charge in [-0.2, -0.15) is 0 Å². The molecule has 17 heavy (non-hydrogen) atoms. The fourth-order valence-electron chi connectivity index (χ4n) is 2.16. The monoisotopic (exact) mass is 250 g/mol. The summed E-state index contributed by atoms with van der Waals surface area (Å²) in [5.41, 5.74) is 0.752. The molecule has 4 heteroatoms. The van der Waals surface area contributed by atoms with Crippen molar-refractivity contribution in [3.63, 3.8) is 0 Å². The van der Waals surface area contributed by atoms with Crippen LogP contribution in [-0.4, -0.2) is 35.1 Å². The predicted octanol–water partition coefficient (Wildman–Crippen LogP) is 2.82. The Labute approximate surface area is 107 Å². The third-order valence-corrected chi connectivity index (χ3v) is 3.80. The molecule has 1 saturated heterocycles. The van der Waals surface area contributed by atoms with Gasteiger partial charge in [-0.1, -0.05) is 12.8 Å². The average Bonchev–Trinajstić information content (AvgIpc) is 2.66. The zero-order valence-electron chi connectivity index (χ0n) is 10.2. The van der Waals surface area contributed by atoms with Gasteiger partial charge in [0.15, 0.2) is 0 Å². The second-order valence-corrected chi connectivity index (χ2v) is 5.06. The SMILES string of the molecule is CSc1ncccc1C(=O)N1CCCCCC1. The Morgan fingerprint density at radius 2 is 2.00 bits per heavy atom. The molecule has 0 bridgehead atoms. The summed E-state index contributed by atoms with van der Waals surface area (Å²) in [5.74, 6) is 0.143. The van der Waals surface area contributed by atoms with Gasteiger partial charge in [-0.05, 0) is 31.2 Å². The van der Waals surface area contributed by atoms with Crippen molar-refractivity contribution in [1.82, 2.24) is 9.88 Å². The van der Waals surface area contributed by atoms with Crippen LogP contribution in [0.5, 0.6) is 0 Å². The normalized spacial score (nSPS) is 16.6. The van der Waals surface area contributed by atoms with Gasteiger partial charge in [-0.15, -0.1) is 11.8 Å². The average molecular weight is 250 g/mol. The number of carbonyl (C=O) groups excluding carboxylic acids is 1. The highest BCUT2D eigenvalue weighted by atomic mass is 32.2. The minimum absolute atomic E-state index is 0.143. The van der Waals surface area contributed by atoms with Crippen LogP contribution in [-0.2, 0) is 0 Å². The summed E-state index contributed by atoms with van der Waals surface area (Å²) in [6.45, 7) is 1.78. The molecular formula is C13H18N2OS. The lowest BCUT2D eigenvalue weighted by atomic mass is 10.2. The van der Waals surface area contributed by atoms with Gasteiger partial charge in [-0.25, -0.2) is 4.98 Å². The Kier molecular flexibility index (Phi) is 4.42. The number of amides is 1. The van der Waals surface area contributed by atoms with Gasteiger partial charge < -0.3 is 4.90 Å². The van der Waals surface area contributed by atoms with Crippen LogP contribution in [0.2, 0.25) is 0 Å². The molecule has 3 nitrogen and oxygen atoms in total. The van der Waals surface area contributed by atoms with Crippen LogP contribution in [0.1, 0.15) is 36.0 Å². The molecular weight excluding hydrogens is 232 g/mol. The van der Waals surface area contributed by atoms with Gasteiger partial charge >= 0.3 is 0 Å². The molecule has 1 amide bonds. The van der Waals surface area contributed by atoms with Crippen molar-refractivity contribution in [3.8, 4) is 0 Å². The lowest BCUT2D eigenvalue weighted by Gasteiger charge is -2.21. The molecule has 0 aromatic carbocycles. The van der Waals surface area contributed by atoms with Crippen molar-refractivity contribution >= 4 is 17.7 Å². The smallest absolute Gasteiger partial charge is 0.256 e. The number of likely N-dealkylation sites (tertiary alicyclic amines) is 1. The molecule has 0 aliphatic carbocycles. The first kappa shape index (κ1) is 12.4. The first-order valence-electron chi connectivity index (χ1n) is 6.11. The first-order valence-corrected chi connectivity index (χ1v) is 7.33. The van der Waals surface area contributed by atoms with E-state index in [1.807, 2.05) is 23.3 Å². The molecule has 0 radical (unpaired) electrons. The molecule has 0 spiro atoms. The zero-order valence-corrected chi connectivity index (χ0v) is 11.0. The number of pyridine rings is 1. The highest BCUT2D eigenvalue weighted by Crippen LogP contribution is 2.20. The molecule has 0 unspecified atom stereocenters. The summed E-state index contributed by atoms with van der Waals surface area (Å²) in [4.78, 5) is 18.6. The molecule has 0 atom stereocenters. The van der Waals surface area contributed by atoms with Crippen molar-refractivity contribution in [2.45, 2.75) is 30.7 Å². The topological polar surface area (TPSA) is 33.2 Å². The maximum atomic E-state index is 12.4. The summed E-state index contributed by atoms with van der Waals surface area (Å²) in [6, 6.07) is 3.72. The Morgan fingerprint density at radius 1 is 1.29 bits per heavy atom. The number of nitrogens with zero attached hydrogens (tertiary/aromatic N) is 2. The van der Waals surface area contributed by atoms with E-state index in [1.165, 1.54) is 24.6 Å². The van der Waals surface area contributed by atoms with Crippen molar-refractivity contribution in [2.75, 3.05) is 19.3 Å². The van der Waals surface area contributed by atoms with Crippen molar-refractivity contribution in [1.29, 1.82) is 0 Å². The predicted molar refractivity (Wildman–Crippen MR) is 70.4 cm³/mol. The lowest BCUT2D eigenvalue weighted by Crippen LogP contribution is -2.32. The molecule has 1 aromatic heterocycles. The number of carbonyl (C=O) groups is 1. The minimum Gasteiger partial charge on any atom is -0.339 e. The summed E-state index contributed by atoms with van der Waals surface area (Å²) >= 11 is 1.53. The highest BCUT2D eigenvalue weighted by molar-refractivity contribution is 7.98. The second kappa shape index (κ2) is 6.05. The molecule has 1 aliphatic heterocycles. The fourth-order valence-corrected chi connectivity index (χ4v) is 2.70. The van der Waals surface area contributed by atoms with Crippen molar-refractivity contribution < 1.29 is 4.79 Å². The molecule has 2 rings (SSSR count). The van der Waals surface area contributed by atoms with E-state index in [1.54, 1.807) is 6.20 Å². The van der Waals surface area contributed by atoms with Gasteiger partial charge in [-0.3, -0.25) is 4.79 Å². The Balaban J connectivity index is 2.17. The van der Waals surface area contributed by atoms with Gasteiger partial charge in [0, 0.05) is 19.3 Å². The van der Waals surface area contributed by atoms with E-state index >= 15 is 0 Å². The van der Waals surface area contributed by atoms with E-state index in [4.69, 9.17) is 0 Å². The largest absolute Gasteiger partial charge is 0.339 e. The third-order valence-electron chi connectivity index (χ3n) is 3.09. The number of hydrogen-bond donors (Lipinski definition) is 0. The Hall–Kier alpha value is -1.03. The van der Waals surface area contributed by atoms with E-state index in [-0.39, 0.29) is 5.91 Å². The van der Waals surface area contributed by atoms with E-state index in [0.717, 1.165) is 36.5 Å². The number of rotatable bonds is 2. The van der Waals surface area contributed by atoms with Gasteiger partial charge in [0.1, 0.15) is 5.03 Å². The van der Waals surface area contributed by atoms with Gasteiger partial charge in [0.05, 0.1) is 5.56 Å². The van der Waals surface area contributed by atoms with E-state index < -0.39 is 0 Å². The highest BCUT2D eigenvalue weighted by Gasteiger charge is 2.19. The Morgan fingerprint density at radius 3 is 2.65 bits per heavy atom. The van der Waals surface area contributed by atoms with Crippen LogP contribution in [0.15, 0.2) is 23.4 Å². The van der Waals surface area contributed by atoms with Crippen molar-refractivity contribution in [2.24, 2.45) is 0 Å². The molecule has 1 aliphatic rings. The summed E-state index contributed by atoms with van der Waals surface area (Å²) in [7, 11) is 0. The van der Waals surface area contributed by atoms with Crippen LogP contribution in [0.25, 0.3) is 0 Å². The van der Waals surface area contributed by atoms with E-state index in [9.17, 15) is 4.79 Å². The summed E-state index contributed by atoms with van der Waals surface area (Å²) in [6.07, 6.45) is 8.44. The lowest BCUT2D eigenvalue weighted by molar-refractivity contribution is 0.0757. The van der Waals surface area contributed by atoms with E-state index in [0.29, 0.717) is 0 Å². The van der Waals surface area contributed by atoms with Crippen molar-refractivity contribution in [3.05, 3.63) is 23.9 Å². The molecule has 0 N–H and O–H groups in total. The molecule has 2 heterocycles. The molecule has 1 aromatic rings. The van der Waals surface area contributed by atoms with Crippen LogP contribution >= 0.6 is 11.8 Å². The van der Waals surface area contributed by atoms with Crippen LogP contribution < -0.4 is 0 Å². The first-order chi connectivity index (χ1) is 8.33. The van der Waals surface area contributed by atoms with E-state index in [2.05, 4.69) is 4.98 Å². The maximum Gasteiger partial charge on any atom is 0.256 e. The second-order valence-electron chi connectivity index (χ2n) is 4.27. The Bertz CT molecular complexity index is 387. The number of aromatic nitrogens is 1. The number of hydrogen-bond acceptors (Lipinski definition) is 3. The molecule has 1 fully saturated rings. The quantitative estimate of drug-likeness (QED) is 0.757. The summed E-state index contributed by atoms with van der Waals surface area (Å²) in [5, 5.41) is 0.835. The minimum atomic E-state index is 0.143. The summed E-state index contributed by atoms with van der Waals surface area (Å²) < 4.78 is 0. The third kappa shape index (κ3) is 3.00. The van der Waals surface area contributed by atoms with Gasteiger partial charge in [0.25, 0.3) is 5.91 Å². The number of thioether (sulfide) groups is 1.